The summed E-state index contributed by atoms with van der Waals surface area (Å²) in [6, 6.07) is 6.03. The molecule has 0 radical (unpaired) electrons. The van der Waals surface area contributed by atoms with Crippen LogP contribution in [-0.4, -0.2) is 64.0 Å². The molecule has 4 atom stereocenters. The number of amides is 3. The summed E-state index contributed by atoms with van der Waals surface area (Å²) in [4.78, 5) is 62.1. The van der Waals surface area contributed by atoms with Gasteiger partial charge in [-0.3, -0.25) is 24.1 Å². The number of nitrogens with one attached hydrogen (secondary N) is 1. The maximum absolute atomic E-state index is 12.6. The van der Waals surface area contributed by atoms with Gasteiger partial charge in [-0.15, -0.1) is 0 Å². The van der Waals surface area contributed by atoms with Crippen LogP contribution in [0.15, 0.2) is 24.3 Å². The van der Waals surface area contributed by atoms with Gasteiger partial charge in [0.15, 0.2) is 6.61 Å². The van der Waals surface area contributed by atoms with Gasteiger partial charge in [-0.05, 0) is 44.0 Å². The Balaban J connectivity index is 1.47. The first-order valence-electron chi connectivity index (χ1n) is 10.1. The summed E-state index contributed by atoms with van der Waals surface area (Å²) in [7, 11) is 0. The molecule has 1 aliphatic carbocycles. The Kier molecular flexibility index (Phi) is 8.05. The zero-order chi connectivity index (χ0) is 23.4. The van der Waals surface area contributed by atoms with E-state index in [-0.39, 0.29) is 28.1 Å². The fourth-order valence-electron chi connectivity index (χ4n) is 3.74. The van der Waals surface area contributed by atoms with E-state index in [9.17, 15) is 24.0 Å². The molecule has 1 heterocycles. The lowest BCUT2D eigenvalue weighted by Crippen LogP contribution is -2.37. The number of hydrogen-bond donors (Lipinski definition) is 1. The maximum Gasteiger partial charge on any atom is 0.338 e. The van der Waals surface area contributed by atoms with E-state index >= 15 is 0 Å². The van der Waals surface area contributed by atoms with E-state index in [0.717, 1.165) is 4.90 Å². The molecule has 32 heavy (non-hydrogen) atoms. The van der Waals surface area contributed by atoms with Crippen molar-refractivity contribution in [3.05, 3.63) is 29.8 Å². The first-order valence-corrected chi connectivity index (χ1v) is 11.9. The van der Waals surface area contributed by atoms with Crippen LogP contribution in [-0.2, 0) is 28.7 Å². The van der Waals surface area contributed by atoms with Gasteiger partial charge in [0.25, 0.3) is 5.91 Å². The van der Waals surface area contributed by atoms with Crippen molar-refractivity contribution in [1.82, 2.24) is 4.90 Å². The lowest BCUT2D eigenvalue weighted by molar-refractivity contribution is -0.154. The molecule has 2 aliphatic rings. The highest BCUT2D eigenvalue weighted by molar-refractivity contribution is 9.12. The maximum atomic E-state index is 12.6. The Bertz CT molecular complexity index is 893. The minimum atomic E-state index is -0.844. The van der Waals surface area contributed by atoms with Crippen LogP contribution < -0.4 is 5.32 Å². The Morgan fingerprint density at radius 1 is 1.00 bits per heavy atom. The minimum Gasteiger partial charge on any atom is -0.462 e. The average molecular weight is 574 g/mol. The molecule has 0 bridgehead atoms. The number of carbonyl (C=O) groups is 5. The summed E-state index contributed by atoms with van der Waals surface area (Å²) in [6.07, 6.45) is 1.02. The van der Waals surface area contributed by atoms with Crippen molar-refractivity contribution in [2.75, 3.05) is 25.1 Å². The van der Waals surface area contributed by atoms with E-state index in [0.29, 0.717) is 24.1 Å². The molecule has 3 rings (SSSR count). The number of esters is 2. The number of likely N-dealkylation sites (tertiary alicyclic amines) is 1. The van der Waals surface area contributed by atoms with Crippen molar-refractivity contribution in [2.45, 2.75) is 29.4 Å². The largest absolute Gasteiger partial charge is 0.462 e. The third-order valence-corrected chi connectivity index (χ3v) is 8.07. The van der Waals surface area contributed by atoms with Gasteiger partial charge in [0.1, 0.15) is 6.54 Å². The molecule has 3 amide bonds. The standard InChI is InChI=1S/C21H22Br2N2O7/c1-2-31-21(30)11-3-5-12(6-4-11)24-17(26)10-32-18(27)9-25-19(28)13-7-15(22)16(23)8-14(13)20(25)29/h3-6,13-16H,2,7-10H2,1H3,(H,24,26)/t13-,14+,15-,16-/m0/s1. The van der Waals surface area contributed by atoms with E-state index in [4.69, 9.17) is 9.47 Å². The van der Waals surface area contributed by atoms with Crippen LogP contribution in [0.2, 0.25) is 0 Å². The second kappa shape index (κ2) is 10.6. The van der Waals surface area contributed by atoms with E-state index < -0.39 is 42.8 Å². The number of anilines is 1. The molecule has 1 aliphatic heterocycles. The number of imide groups is 1. The summed E-state index contributed by atoms with van der Waals surface area (Å²) >= 11 is 7.01. The van der Waals surface area contributed by atoms with Crippen molar-refractivity contribution in [3.8, 4) is 0 Å². The topological polar surface area (TPSA) is 119 Å². The molecule has 9 nitrogen and oxygen atoms in total. The average Bonchev–Trinajstić information content (AvgIpc) is 2.97. The normalized spacial score (nSPS) is 24.7. The van der Waals surface area contributed by atoms with E-state index in [1.807, 2.05) is 0 Å². The van der Waals surface area contributed by atoms with Crippen molar-refractivity contribution in [3.63, 3.8) is 0 Å². The number of nitrogens with zero attached hydrogens (tertiary/aromatic N) is 1. The van der Waals surface area contributed by atoms with E-state index in [1.165, 1.54) is 24.3 Å². The molecule has 172 valence electrons. The zero-order valence-electron chi connectivity index (χ0n) is 17.2. The molecule has 0 aromatic heterocycles. The highest BCUT2D eigenvalue weighted by atomic mass is 79.9. The second-order valence-electron chi connectivity index (χ2n) is 7.49. The lowest BCUT2D eigenvalue weighted by Gasteiger charge is -2.29. The summed E-state index contributed by atoms with van der Waals surface area (Å²) < 4.78 is 9.82. The number of alkyl halides is 2. The van der Waals surface area contributed by atoms with Crippen LogP contribution in [0.5, 0.6) is 0 Å². The fourth-order valence-corrected chi connectivity index (χ4v) is 4.98. The summed E-state index contributed by atoms with van der Waals surface area (Å²) in [5.41, 5.74) is 0.746. The van der Waals surface area contributed by atoms with Crippen LogP contribution in [0.25, 0.3) is 0 Å². The number of ether oxygens (including phenoxy) is 2. The Morgan fingerprint density at radius 3 is 2.09 bits per heavy atom. The van der Waals surface area contributed by atoms with E-state index in [1.54, 1.807) is 6.92 Å². The van der Waals surface area contributed by atoms with Crippen LogP contribution >= 0.6 is 31.9 Å². The first-order chi connectivity index (χ1) is 15.2. The van der Waals surface area contributed by atoms with Crippen molar-refractivity contribution in [1.29, 1.82) is 0 Å². The second-order valence-corrected chi connectivity index (χ2v) is 9.84. The summed E-state index contributed by atoms with van der Waals surface area (Å²) in [6.45, 7) is 0.862. The molecule has 1 saturated heterocycles. The number of fused-ring (bicyclic) bond motifs is 1. The van der Waals surface area contributed by atoms with Crippen LogP contribution in [0, 0.1) is 11.8 Å². The van der Waals surface area contributed by atoms with Gasteiger partial charge < -0.3 is 14.8 Å². The van der Waals surface area contributed by atoms with Gasteiger partial charge in [0.2, 0.25) is 11.8 Å². The van der Waals surface area contributed by atoms with Crippen molar-refractivity contribution < 1.29 is 33.4 Å². The molecule has 1 saturated carbocycles. The molecule has 0 spiro atoms. The number of rotatable bonds is 7. The predicted molar refractivity (Wildman–Crippen MR) is 120 cm³/mol. The van der Waals surface area contributed by atoms with Crippen molar-refractivity contribution >= 4 is 67.2 Å². The Labute approximate surface area is 201 Å². The van der Waals surface area contributed by atoms with Crippen LogP contribution in [0.3, 0.4) is 0 Å². The van der Waals surface area contributed by atoms with Gasteiger partial charge in [0, 0.05) is 15.3 Å². The molecule has 1 aromatic carbocycles. The quantitative estimate of drug-likeness (QED) is 0.302. The molecule has 11 heteroatoms. The van der Waals surface area contributed by atoms with Gasteiger partial charge in [0.05, 0.1) is 24.0 Å². The summed E-state index contributed by atoms with van der Waals surface area (Å²) in [5, 5.41) is 2.53. The van der Waals surface area contributed by atoms with Gasteiger partial charge in [-0.1, -0.05) is 31.9 Å². The third kappa shape index (κ3) is 5.55. The molecular formula is C21H22Br2N2O7. The van der Waals surface area contributed by atoms with Crippen LogP contribution in [0.1, 0.15) is 30.1 Å². The molecule has 1 N–H and O–H groups in total. The first kappa shape index (κ1) is 24.4. The molecular weight excluding hydrogens is 552 g/mol. The SMILES string of the molecule is CCOC(=O)c1ccc(NC(=O)COC(=O)CN2C(=O)[C@H]3C[C@H](Br)[C@@H](Br)C[C@H]3C2=O)cc1. The highest BCUT2D eigenvalue weighted by Crippen LogP contribution is 2.43. The Morgan fingerprint density at radius 2 is 1.56 bits per heavy atom. The number of carbonyl (C=O) groups excluding carboxylic acids is 5. The molecule has 2 fully saturated rings. The van der Waals surface area contributed by atoms with Gasteiger partial charge >= 0.3 is 11.9 Å². The van der Waals surface area contributed by atoms with Crippen LogP contribution in [0.4, 0.5) is 5.69 Å². The molecule has 1 aromatic rings. The van der Waals surface area contributed by atoms with E-state index in [2.05, 4.69) is 37.2 Å². The monoisotopic (exact) mass is 572 g/mol. The molecule has 0 unspecified atom stereocenters. The number of halogens is 2. The minimum absolute atomic E-state index is 0.0717. The Hall–Kier alpha value is -2.27. The highest BCUT2D eigenvalue weighted by Gasteiger charge is 2.52. The smallest absolute Gasteiger partial charge is 0.338 e. The lowest BCUT2D eigenvalue weighted by atomic mass is 9.81. The van der Waals surface area contributed by atoms with Gasteiger partial charge in [-0.2, -0.15) is 0 Å². The fraction of sp³-hybridized carbons (Fsp3) is 0.476. The third-order valence-electron chi connectivity index (χ3n) is 5.33. The predicted octanol–water partition coefficient (Wildman–Crippen LogP) is 2.27. The number of benzene rings is 1. The van der Waals surface area contributed by atoms with Crippen molar-refractivity contribution in [2.24, 2.45) is 11.8 Å². The number of hydrogen-bond acceptors (Lipinski definition) is 7. The van der Waals surface area contributed by atoms with Gasteiger partial charge in [-0.25, -0.2) is 4.79 Å². The zero-order valence-corrected chi connectivity index (χ0v) is 20.4. The summed E-state index contributed by atoms with van der Waals surface area (Å²) in [5.74, 6) is -3.57.